The second-order valence-electron chi connectivity index (χ2n) is 6.03. The molecule has 4 rings (SSSR count). The van der Waals surface area contributed by atoms with E-state index in [1.165, 1.54) is 0 Å². The number of nitrogens with zero attached hydrogens (tertiary/aromatic N) is 2. The molecule has 0 atom stereocenters. The second-order valence-corrected chi connectivity index (χ2v) is 7.20. The molecule has 1 amide bonds. The van der Waals surface area contributed by atoms with Crippen LogP contribution in [0.1, 0.15) is 10.4 Å². The van der Waals surface area contributed by atoms with Gasteiger partial charge in [0.1, 0.15) is 0 Å². The molecule has 0 bridgehead atoms. The number of carbonyl (C=O) groups excluding carboxylic acids is 1. The molecule has 0 radical (unpaired) electrons. The predicted octanol–water partition coefficient (Wildman–Crippen LogP) is 3.83. The summed E-state index contributed by atoms with van der Waals surface area (Å²) in [7, 11) is 0. The molecule has 1 N–H and O–H groups in total. The molecule has 1 aliphatic rings. The summed E-state index contributed by atoms with van der Waals surface area (Å²) in [5.74, 6) is -0.133. The molecular weight excluding hydrogens is 346 g/mol. The molecular formula is C20H19N3O2S. The van der Waals surface area contributed by atoms with Gasteiger partial charge in [-0.15, -0.1) is 0 Å². The molecule has 1 aliphatic heterocycles. The van der Waals surface area contributed by atoms with Crippen molar-refractivity contribution < 1.29 is 9.53 Å². The van der Waals surface area contributed by atoms with E-state index in [1.807, 2.05) is 54.6 Å². The SMILES string of the molecule is O=C(Nc1cnc2ccccc2c1)c1cccc(SN2CCOCC2)c1. The van der Waals surface area contributed by atoms with E-state index in [4.69, 9.17) is 4.74 Å². The summed E-state index contributed by atoms with van der Waals surface area (Å²) in [5, 5.41) is 3.94. The lowest BCUT2D eigenvalue weighted by Gasteiger charge is -2.25. The number of hydrogen-bond donors (Lipinski definition) is 1. The highest BCUT2D eigenvalue weighted by molar-refractivity contribution is 7.97. The number of para-hydroxylation sites is 1. The highest BCUT2D eigenvalue weighted by Crippen LogP contribution is 2.25. The van der Waals surface area contributed by atoms with Crippen LogP contribution < -0.4 is 5.32 Å². The number of hydrogen-bond acceptors (Lipinski definition) is 5. The number of amides is 1. The molecule has 2 aromatic carbocycles. The molecule has 2 heterocycles. The molecule has 1 aromatic heterocycles. The second kappa shape index (κ2) is 7.86. The summed E-state index contributed by atoms with van der Waals surface area (Å²) < 4.78 is 7.63. The molecule has 0 spiro atoms. The third-order valence-electron chi connectivity index (χ3n) is 4.15. The van der Waals surface area contributed by atoms with Crippen molar-refractivity contribution >= 4 is 34.4 Å². The monoisotopic (exact) mass is 365 g/mol. The van der Waals surface area contributed by atoms with Crippen LogP contribution in [0.25, 0.3) is 10.9 Å². The number of benzene rings is 2. The lowest BCUT2D eigenvalue weighted by Crippen LogP contribution is -2.30. The van der Waals surface area contributed by atoms with Crippen molar-refractivity contribution in [2.24, 2.45) is 0 Å². The summed E-state index contributed by atoms with van der Waals surface area (Å²) in [4.78, 5) is 18.1. The number of nitrogens with one attached hydrogen (secondary N) is 1. The molecule has 5 nitrogen and oxygen atoms in total. The predicted molar refractivity (Wildman–Crippen MR) is 104 cm³/mol. The van der Waals surface area contributed by atoms with Crippen LogP contribution in [0, 0.1) is 0 Å². The van der Waals surface area contributed by atoms with Crippen LogP contribution in [-0.4, -0.2) is 41.5 Å². The molecule has 3 aromatic rings. The van der Waals surface area contributed by atoms with Gasteiger partial charge in [0.2, 0.25) is 0 Å². The Morgan fingerprint density at radius 1 is 1.08 bits per heavy atom. The van der Waals surface area contributed by atoms with Crippen LogP contribution in [-0.2, 0) is 4.74 Å². The maximum Gasteiger partial charge on any atom is 0.255 e. The Hall–Kier alpha value is -2.41. The Balaban J connectivity index is 1.47. The van der Waals surface area contributed by atoms with Crippen molar-refractivity contribution in [3.05, 3.63) is 66.4 Å². The number of anilines is 1. The number of aromatic nitrogens is 1. The van der Waals surface area contributed by atoms with Crippen molar-refractivity contribution in [3.63, 3.8) is 0 Å². The third kappa shape index (κ3) is 4.04. The molecule has 0 unspecified atom stereocenters. The first-order chi connectivity index (χ1) is 12.8. The Bertz CT molecular complexity index is 926. The normalized spacial score (nSPS) is 15.1. The van der Waals surface area contributed by atoms with Gasteiger partial charge in [0.15, 0.2) is 0 Å². The van der Waals surface area contributed by atoms with E-state index in [-0.39, 0.29) is 5.91 Å². The number of morpholine rings is 1. The van der Waals surface area contributed by atoms with Crippen LogP contribution >= 0.6 is 11.9 Å². The molecule has 0 aliphatic carbocycles. The zero-order valence-corrected chi connectivity index (χ0v) is 15.0. The van der Waals surface area contributed by atoms with Gasteiger partial charge in [-0.3, -0.25) is 9.78 Å². The fourth-order valence-electron chi connectivity index (χ4n) is 2.82. The molecule has 6 heteroatoms. The summed E-state index contributed by atoms with van der Waals surface area (Å²) in [6.45, 7) is 3.29. The maximum absolute atomic E-state index is 12.6. The van der Waals surface area contributed by atoms with Crippen molar-refractivity contribution in [2.75, 3.05) is 31.6 Å². The third-order valence-corrected chi connectivity index (χ3v) is 5.24. The minimum absolute atomic E-state index is 0.133. The van der Waals surface area contributed by atoms with Gasteiger partial charge in [0.25, 0.3) is 5.91 Å². The highest BCUT2D eigenvalue weighted by atomic mass is 32.2. The Morgan fingerprint density at radius 3 is 2.81 bits per heavy atom. The van der Waals surface area contributed by atoms with Crippen molar-refractivity contribution in [1.82, 2.24) is 9.29 Å². The minimum Gasteiger partial charge on any atom is -0.379 e. The van der Waals surface area contributed by atoms with Gasteiger partial charge in [0, 0.05) is 28.9 Å². The molecule has 0 saturated carbocycles. The summed E-state index contributed by atoms with van der Waals surface area (Å²) in [6, 6.07) is 17.5. The maximum atomic E-state index is 12.6. The van der Waals surface area contributed by atoms with E-state index in [0.29, 0.717) is 11.3 Å². The molecule has 132 valence electrons. The number of ether oxygens (including phenoxy) is 1. The summed E-state index contributed by atoms with van der Waals surface area (Å²) in [6.07, 6.45) is 1.69. The van der Waals surface area contributed by atoms with Gasteiger partial charge < -0.3 is 10.1 Å². The van der Waals surface area contributed by atoms with Crippen molar-refractivity contribution in [3.8, 4) is 0 Å². The quantitative estimate of drug-likeness (QED) is 0.712. The summed E-state index contributed by atoms with van der Waals surface area (Å²) in [5.41, 5.74) is 2.24. The lowest BCUT2D eigenvalue weighted by atomic mass is 10.2. The highest BCUT2D eigenvalue weighted by Gasteiger charge is 2.13. The number of pyridine rings is 1. The molecule has 1 fully saturated rings. The lowest BCUT2D eigenvalue weighted by molar-refractivity contribution is 0.0773. The zero-order valence-electron chi connectivity index (χ0n) is 14.2. The van der Waals surface area contributed by atoms with Gasteiger partial charge in [-0.05, 0) is 42.3 Å². The van der Waals surface area contributed by atoms with Gasteiger partial charge in [-0.2, -0.15) is 0 Å². The van der Waals surface area contributed by atoms with E-state index < -0.39 is 0 Å². The van der Waals surface area contributed by atoms with Crippen molar-refractivity contribution in [1.29, 1.82) is 0 Å². The first kappa shape index (κ1) is 17.0. The van der Waals surface area contributed by atoms with E-state index in [1.54, 1.807) is 18.1 Å². The first-order valence-corrected chi connectivity index (χ1v) is 9.32. The molecule has 1 saturated heterocycles. The fraction of sp³-hybridized carbons (Fsp3) is 0.200. The van der Waals surface area contributed by atoms with Gasteiger partial charge >= 0.3 is 0 Å². The van der Waals surface area contributed by atoms with E-state index in [0.717, 1.165) is 42.1 Å². The Labute approximate surface area is 156 Å². The first-order valence-electron chi connectivity index (χ1n) is 8.55. The van der Waals surface area contributed by atoms with E-state index >= 15 is 0 Å². The smallest absolute Gasteiger partial charge is 0.255 e. The van der Waals surface area contributed by atoms with Gasteiger partial charge in [-0.1, -0.05) is 24.3 Å². The van der Waals surface area contributed by atoms with Crippen molar-refractivity contribution in [2.45, 2.75) is 4.90 Å². The van der Waals surface area contributed by atoms with Crippen LogP contribution in [0.4, 0.5) is 5.69 Å². The average molecular weight is 365 g/mol. The Kier molecular flexibility index (Phi) is 5.15. The zero-order chi connectivity index (χ0) is 17.8. The number of fused-ring (bicyclic) bond motifs is 1. The Morgan fingerprint density at radius 2 is 1.92 bits per heavy atom. The van der Waals surface area contributed by atoms with Crippen LogP contribution in [0.3, 0.4) is 0 Å². The topological polar surface area (TPSA) is 54.5 Å². The largest absolute Gasteiger partial charge is 0.379 e. The van der Waals surface area contributed by atoms with Crippen LogP contribution in [0.2, 0.25) is 0 Å². The van der Waals surface area contributed by atoms with Crippen LogP contribution in [0.5, 0.6) is 0 Å². The van der Waals surface area contributed by atoms with Gasteiger partial charge in [0.05, 0.1) is 30.6 Å². The van der Waals surface area contributed by atoms with E-state index in [2.05, 4.69) is 14.6 Å². The molecule has 26 heavy (non-hydrogen) atoms. The van der Waals surface area contributed by atoms with Crippen LogP contribution in [0.15, 0.2) is 65.7 Å². The number of rotatable bonds is 4. The standard InChI is InChI=1S/C20H19N3O2S/c24-20(22-17-12-15-4-1-2-7-19(15)21-14-17)16-5-3-6-18(13-16)26-23-8-10-25-11-9-23/h1-7,12-14H,8-11H2,(H,22,24). The minimum atomic E-state index is -0.133. The number of carbonyl (C=O) groups is 1. The van der Waals surface area contributed by atoms with E-state index in [9.17, 15) is 4.79 Å². The van der Waals surface area contributed by atoms with Gasteiger partial charge in [-0.25, -0.2) is 4.31 Å². The fourth-order valence-corrected chi connectivity index (χ4v) is 3.77. The summed E-state index contributed by atoms with van der Waals surface area (Å²) >= 11 is 1.67. The average Bonchev–Trinajstić information content (AvgIpc) is 2.69.